The molecule has 5 nitrogen and oxygen atoms in total. The number of rotatable bonds is 4. The molecule has 3 N–H and O–H groups in total. The van der Waals surface area contributed by atoms with Crippen LogP contribution in [-0.4, -0.2) is 27.7 Å². The highest BCUT2D eigenvalue weighted by Gasteiger charge is 2.16. The van der Waals surface area contributed by atoms with Crippen LogP contribution in [0.15, 0.2) is 23.1 Å². The number of nitrogens with two attached hydrogens (primary N) is 1. The monoisotopic (exact) mass is 270 g/mol. The van der Waals surface area contributed by atoms with E-state index in [1.165, 1.54) is 0 Å². The first-order valence-corrected chi connectivity index (χ1v) is 7.50. The smallest absolute Gasteiger partial charge is 0.238 e. The number of ether oxygens (including phenoxy) is 1. The number of benzene rings is 1. The number of hydrogen-bond acceptors (Lipinski definition) is 4. The fourth-order valence-electron chi connectivity index (χ4n) is 2.05. The van der Waals surface area contributed by atoms with Crippen molar-refractivity contribution in [3.8, 4) is 0 Å². The number of aryl methyl sites for hydroxylation is 1. The van der Waals surface area contributed by atoms with Crippen molar-refractivity contribution in [3.05, 3.63) is 23.8 Å². The summed E-state index contributed by atoms with van der Waals surface area (Å²) in [4.78, 5) is 0.167. The standard InChI is InChI=1S/C12H18N2O3S/c1-9-4-5-10(7-12(9)18(13,15)16)14-8-11-3-2-6-17-11/h4-5,7,11,14H,2-3,6,8H2,1H3,(H2,13,15,16). The quantitative estimate of drug-likeness (QED) is 0.862. The zero-order valence-corrected chi connectivity index (χ0v) is 11.2. The van der Waals surface area contributed by atoms with E-state index in [-0.39, 0.29) is 11.0 Å². The largest absolute Gasteiger partial charge is 0.382 e. The second-order valence-corrected chi connectivity index (χ2v) is 6.07. The minimum Gasteiger partial charge on any atom is -0.382 e. The average molecular weight is 270 g/mol. The minimum absolute atomic E-state index is 0.167. The normalized spacial score (nSPS) is 20.0. The zero-order chi connectivity index (χ0) is 13.2. The van der Waals surface area contributed by atoms with Crippen molar-refractivity contribution in [2.45, 2.75) is 30.8 Å². The van der Waals surface area contributed by atoms with E-state index in [1.807, 2.05) is 6.07 Å². The van der Waals surface area contributed by atoms with E-state index in [9.17, 15) is 8.42 Å². The molecule has 1 aliphatic rings. The maximum Gasteiger partial charge on any atom is 0.238 e. The Balaban J connectivity index is 2.09. The average Bonchev–Trinajstić information content (AvgIpc) is 2.79. The fourth-order valence-corrected chi connectivity index (χ4v) is 2.86. The summed E-state index contributed by atoms with van der Waals surface area (Å²) in [7, 11) is -3.66. The molecule has 0 saturated carbocycles. The van der Waals surface area contributed by atoms with Gasteiger partial charge in [-0.15, -0.1) is 0 Å². The molecule has 2 rings (SSSR count). The van der Waals surface area contributed by atoms with Gasteiger partial charge in [0.2, 0.25) is 10.0 Å². The Morgan fingerprint density at radius 1 is 1.50 bits per heavy atom. The molecular weight excluding hydrogens is 252 g/mol. The van der Waals surface area contributed by atoms with Crippen molar-refractivity contribution in [2.24, 2.45) is 5.14 Å². The Labute approximate surface area is 107 Å². The van der Waals surface area contributed by atoms with Crippen LogP contribution in [0, 0.1) is 6.92 Å². The summed E-state index contributed by atoms with van der Waals surface area (Å²) in [5.41, 5.74) is 1.40. The van der Waals surface area contributed by atoms with Crippen LogP contribution in [0.4, 0.5) is 5.69 Å². The summed E-state index contributed by atoms with van der Waals surface area (Å²) < 4.78 is 28.3. The van der Waals surface area contributed by atoms with Gasteiger partial charge in [0.05, 0.1) is 11.0 Å². The summed E-state index contributed by atoms with van der Waals surface area (Å²) in [5, 5.41) is 8.35. The molecule has 0 bridgehead atoms. The van der Waals surface area contributed by atoms with Gasteiger partial charge >= 0.3 is 0 Å². The molecule has 0 aliphatic carbocycles. The van der Waals surface area contributed by atoms with Gasteiger partial charge in [-0.2, -0.15) is 0 Å². The maximum absolute atomic E-state index is 11.4. The van der Waals surface area contributed by atoms with E-state index >= 15 is 0 Å². The van der Waals surface area contributed by atoms with Crippen molar-refractivity contribution in [2.75, 3.05) is 18.5 Å². The molecule has 1 fully saturated rings. The van der Waals surface area contributed by atoms with Crippen LogP contribution in [0.2, 0.25) is 0 Å². The molecule has 1 heterocycles. The third-order valence-electron chi connectivity index (χ3n) is 3.05. The second kappa shape index (κ2) is 5.26. The highest BCUT2D eigenvalue weighted by atomic mass is 32.2. The molecule has 100 valence electrons. The summed E-state index contributed by atoms with van der Waals surface area (Å²) in [6.45, 7) is 3.22. The molecule has 0 radical (unpaired) electrons. The van der Waals surface area contributed by atoms with Crippen LogP contribution in [0.25, 0.3) is 0 Å². The summed E-state index contributed by atoms with van der Waals surface area (Å²) in [6.07, 6.45) is 2.34. The molecular formula is C12H18N2O3S. The zero-order valence-electron chi connectivity index (χ0n) is 10.3. The predicted molar refractivity (Wildman–Crippen MR) is 70.0 cm³/mol. The van der Waals surface area contributed by atoms with Gasteiger partial charge in [-0.1, -0.05) is 6.07 Å². The Morgan fingerprint density at radius 2 is 2.28 bits per heavy atom. The minimum atomic E-state index is -3.66. The molecule has 0 amide bonds. The van der Waals surface area contributed by atoms with Crippen LogP contribution >= 0.6 is 0 Å². The van der Waals surface area contributed by atoms with Crippen LogP contribution in [-0.2, 0) is 14.8 Å². The number of primary sulfonamides is 1. The Hall–Kier alpha value is -1.11. The summed E-state index contributed by atoms with van der Waals surface area (Å²) >= 11 is 0. The predicted octanol–water partition coefficient (Wildman–Crippen LogP) is 1.23. The lowest BCUT2D eigenvalue weighted by atomic mass is 10.2. The summed E-state index contributed by atoms with van der Waals surface area (Å²) in [6, 6.07) is 5.16. The van der Waals surface area contributed by atoms with Gasteiger partial charge < -0.3 is 10.1 Å². The van der Waals surface area contributed by atoms with Crippen molar-refractivity contribution >= 4 is 15.7 Å². The molecule has 1 aliphatic heterocycles. The van der Waals surface area contributed by atoms with E-state index in [2.05, 4.69) is 5.32 Å². The summed E-state index contributed by atoms with van der Waals surface area (Å²) in [5.74, 6) is 0. The lowest BCUT2D eigenvalue weighted by Crippen LogP contribution is -2.19. The van der Waals surface area contributed by atoms with E-state index in [0.717, 1.165) is 25.1 Å². The van der Waals surface area contributed by atoms with Gasteiger partial charge in [-0.3, -0.25) is 0 Å². The van der Waals surface area contributed by atoms with Gasteiger partial charge in [0, 0.05) is 18.8 Å². The number of anilines is 1. The highest BCUT2D eigenvalue weighted by molar-refractivity contribution is 7.89. The maximum atomic E-state index is 11.4. The van der Waals surface area contributed by atoms with E-state index in [0.29, 0.717) is 12.1 Å². The third-order valence-corrected chi connectivity index (χ3v) is 4.11. The van der Waals surface area contributed by atoms with Crippen LogP contribution < -0.4 is 10.5 Å². The SMILES string of the molecule is Cc1ccc(NCC2CCCO2)cc1S(N)(=O)=O. The van der Waals surface area contributed by atoms with Gasteiger partial charge in [0.15, 0.2) is 0 Å². The van der Waals surface area contributed by atoms with Crippen LogP contribution in [0.3, 0.4) is 0 Å². The van der Waals surface area contributed by atoms with Gasteiger partial charge in [0.25, 0.3) is 0 Å². The van der Waals surface area contributed by atoms with E-state index in [4.69, 9.17) is 9.88 Å². The highest BCUT2D eigenvalue weighted by Crippen LogP contribution is 2.20. The number of sulfonamides is 1. The molecule has 0 spiro atoms. The lowest BCUT2D eigenvalue weighted by molar-refractivity contribution is 0.120. The molecule has 1 aromatic carbocycles. The first kappa shape index (κ1) is 13.3. The number of hydrogen-bond donors (Lipinski definition) is 2. The van der Waals surface area contributed by atoms with Crippen molar-refractivity contribution in [1.82, 2.24) is 0 Å². The van der Waals surface area contributed by atoms with Crippen molar-refractivity contribution in [1.29, 1.82) is 0 Å². The lowest BCUT2D eigenvalue weighted by Gasteiger charge is -2.13. The molecule has 6 heteroatoms. The van der Waals surface area contributed by atoms with Crippen molar-refractivity contribution in [3.63, 3.8) is 0 Å². The van der Waals surface area contributed by atoms with Gasteiger partial charge in [0.1, 0.15) is 0 Å². The fraction of sp³-hybridized carbons (Fsp3) is 0.500. The van der Waals surface area contributed by atoms with Crippen LogP contribution in [0.5, 0.6) is 0 Å². The Kier molecular flexibility index (Phi) is 3.89. The molecule has 1 atom stereocenters. The molecule has 1 saturated heterocycles. The Morgan fingerprint density at radius 3 is 2.89 bits per heavy atom. The molecule has 1 aromatic rings. The van der Waals surface area contributed by atoms with Gasteiger partial charge in [-0.25, -0.2) is 13.6 Å². The molecule has 18 heavy (non-hydrogen) atoms. The molecule has 0 aromatic heterocycles. The number of nitrogens with one attached hydrogen (secondary N) is 1. The second-order valence-electron chi connectivity index (χ2n) is 4.54. The van der Waals surface area contributed by atoms with E-state index in [1.54, 1.807) is 19.1 Å². The first-order valence-electron chi connectivity index (χ1n) is 5.96. The van der Waals surface area contributed by atoms with E-state index < -0.39 is 10.0 Å². The van der Waals surface area contributed by atoms with Crippen LogP contribution in [0.1, 0.15) is 18.4 Å². The third kappa shape index (κ3) is 3.22. The topological polar surface area (TPSA) is 81.4 Å². The molecule has 1 unspecified atom stereocenters. The van der Waals surface area contributed by atoms with Crippen molar-refractivity contribution < 1.29 is 13.2 Å². The first-order chi connectivity index (χ1) is 8.47. The Bertz CT molecular complexity index is 522. The van der Waals surface area contributed by atoms with Gasteiger partial charge in [-0.05, 0) is 37.5 Å².